The van der Waals surface area contributed by atoms with Crippen molar-refractivity contribution in [1.82, 2.24) is 9.97 Å². The molecule has 0 N–H and O–H groups in total. The van der Waals surface area contributed by atoms with E-state index in [2.05, 4.69) is 9.97 Å². The third-order valence-electron chi connectivity index (χ3n) is 1.83. The number of Topliss-reactive ketones (excluding diaryl/α,β-unsaturated/α-hetero) is 1. The maximum atomic E-state index is 11.3. The number of hydrogen-bond donors (Lipinski definition) is 0. The fourth-order valence-corrected chi connectivity index (χ4v) is 1.36. The molecule has 1 fully saturated rings. The van der Waals surface area contributed by atoms with Gasteiger partial charge in [0, 0.05) is 6.20 Å². The average molecular weight is 212 g/mol. The van der Waals surface area contributed by atoms with Crippen molar-refractivity contribution >= 4 is 29.2 Å². The van der Waals surface area contributed by atoms with E-state index in [0.29, 0.717) is 0 Å². The fourth-order valence-electron chi connectivity index (χ4n) is 1.22. The number of nitrogens with zero attached hydrogens (tertiary/aromatic N) is 3. The quantitative estimate of drug-likeness (QED) is 0.499. The summed E-state index contributed by atoms with van der Waals surface area (Å²) in [6.07, 6.45) is 1.37. The lowest BCUT2D eigenvalue weighted by Crippen LogP contribution is -2.26. The SMILES string of the molecule is O=C1CC(=O)N(c2nccc(Cl)n2)C1. The summed E-state index contributed by atoms with van der Waals surface area (Å²) in [5.41, 5.74) is 0. The fraction of sp³-hybridized carbons (Fsp3) is 0.250. The molecule has 0 bridgehead atoms. The van der Waals surface area contributed by atoms with Crippen molar-refractivity contribution in [2.75, 3.05) is 11.4 Å². The van der Waals surface area contributed by atoms with E-state index in [-0.39, 0.29) is 35.8 Å². The van der Waals surface area contributed by atoms with Gasteiger partial charge in [-0.2, -0.15) is 0 Å². The zero-order valence-electron chi connectivity index (χ0n) is 7.11. The van der Waals surface area contributed by atoms with Crippen molar-refractivity contribution in [3.05, 3.63) is 17.4 Å². The van der Waals surface area contributed by atoms with Gasteiger partial charge in [-0.05, 0) is 6.07 Å². The monoisotopic (exact) mass is 211 g/mol. The summed E-state index contributed by atoms with van der Waals surface area (Å²) in [6, 6.07) is 1.51. The molecule has 0 unspecified atom stereocenters. The lowest BCUT2D eigenvalue weighted by Gasteiger charge is -2.11. The van der Waals surface area contributed by atoms with E-state index in [1.54, 1.807) is 0 Å². The van der Waals surface area contributed by atoms with E-state index in [1.165, 1.54) is 17.2 Å². The van der Waals surface area contributed by atoms with Crippen LogP contribution in [0, 0.1) is 0 Å². The lowest BCUT2D eigenvalue weighted by atomic mass is 10.3. The topological polar surface area (TPSA) is 63.2 Å². The van der Waals surface area contributed by atoms with Crippen LogP contribution in [0.25, 0.3) is 0 Å². The van der Waals surface area contributed by atoms with Gasteiger partial charge in [0.15, 0.2) is 5.78 Å². The van der Waals surface area contributed by atoms with Gasteiger partial charge in [0.25, 0.3) is 0 Å². The minimum Gasteiger partial charge on any atom is -0.297 e. The van der Waals surface area contributed by atoms with Gasteiger partial charge in [0.05, 0.1) is 13.0 Å². The summed E-state index contributed by atoms with van der Waals surface area (Å²) in [4.78, 5) is 31.2. The highest BCUT2D eigenvalue weighted by molar-refractivity contribution is 6.29. The Morgan fingerprint density at radius 3 is 2.79 bits per heavy atom. The molecule has 0 atom stereocenters. The third kappa shape index (κ3) is 1.58. The van der Waals surface area contributed by atoms with Crippen molar-refractivity contribution in [3.8, 4) is 0 Å². The van der Waals surface area contributed by atoms with Crippen LogP contribution in [0.4, 0.5) is 5.95 Å². The zero-order valence-corrected chi connectivity index (χ0v) is 7.86. The molecule has 0 aromatic carbocycles. The van der Waals surface area contributed by atoms with Gasteiger partial charge in [-0.1, -0.05) is 11.6 Å². The lowest BCUT2D eigenvalue weighted by molar-refractivity contribution is -0.121. The van der Waals surface area contributed by atoms with Gasteiger partial charge >= 0.3 is 0 Å². The number of rotatable bonds is 1. The number of hydrogen-bond acceptors (Lipinski definition) is 4. The molecular weight excluding hydrogens is 206 g/mol. The van der Waals surface area contributed by atoms with Crippen LogP contribution in [0.2, 0.25) is 5.15 Å². The summed E-state index contributed by atoms with van der Waals surface area (Å²) < 4.78 is 0. The number of anilines is 1. The molecule has 0 radical (unpaired) electrons. The number of amides is 1. The molecule has 1 aromatic heterocycles. The van der Waals surface area contributed by atoms with E-state index in [4.69, 9.17) is 11.6 Å². The second-order valence-corrected chi connectivity index (χ2v) is 3.26. The molecule has 0 aliphatic carbocycles. The van der Waals surface area contributed by atoms with Crippen LogP contribution >= 0.6 is 11.6 Å². The summed E-state index contributed by atoms with van der Waals surface area (Å²) in [5, 5.41) is 0.252. The highest BCUT2D eigenvalue weighted by atomic mass is 35.5. The molecule has 1 saturated heterocycles. The Kier molecular flexibility index (Phi) is 2.17. The molecule has 14 heavy (non-hydrogen) atoms. The van der Waals surface area contributed by atoms with Crippen molar-refractivity contribution in [2.24, 2.45) is 0 Å². The highest BCUT2D eigenvalue weighted by Crippen LogP contribution is 2.16. The van der Waals surface area contributed by atoms with Gasteiger partial charge in [0.1, 0.15) is 5.15 Å². The molecule has 1 aromatic rings. The Labute approximate surface area is 84.7 Å². The van der Waals surface area contributed by atoms with E-state index >= 15 is 0 Å². The molecule has 2 heterocycles. The van der Waals surface area contributed by atoms with Crippen LogP contribution in [0.3, 0.4) is 0 Å². The highest BCUT2D eigenvalue weighted by Gasteiger charge is 2.30. The Balaban J connectivity index is 2.31. The number of carbonyl (C=O) groups excluding carboxylic acids is 2. The van der Waals surface area contributed by atoms with Crippen LogP contribution in [-0.4, -0.2) is 28.2 Å². The van der Waals surface area contributed by atoms with E-state index < -0.39 is 0 Å². The Morgan fingerprint density at radius 2 is 2.21 bits per heavy atom. The first kappa shape index (κ1) is 9.08. The number of carbonyl (C=O) groups is 2. The van der Waals surface area contributed by atoms with Gasteiger partial charge in [0.2, 0.25) is 11.9 Å². The maximum absolute atomic E-state index is 11.3. The summed E-state index contributed by atoms with van der Waals surface area (Å²) >= 11 is 5.63. The summed E-state index contributed by atoms with van der Waals surface area (Å²) in [6.45, 7) is 0.0408. The molecule has 1 aliphatic rings. The van der Waals surface area contributed by atoms with Gasteiger partial charge in [-0.25, -0.2) is 9.97 Å². The largest absolute Gasteiger partial charge is 0.297 e. The van der Waals surface area contributed by atoms with Gasteiger partial charge in [-0.15, -0.1) is 0 Å². The first-order valence-electron chi connectivity index (χ1n) is 3.97. The van der Waals surface area contributed by atoms with Crippen molar-refractivity contribution in [1.29, 1.82) is 0 Å². The smallest absolute Gasteiger partial charge is 0.237 e. The van der Waals surface area contributed by atoms with Crippen LogP contribution in [-0.2, 0) is 9.59 Å². The normalized spacial score (nSPS) is 16.5. The van der Waals surface area contributed by atoms with Crippen molar-refractivity contribution in [3.63, 3.8) is 0 Å². The number of aromatic nitrogens is 2. The predicted octanol–water partition coefficient (Wildman–Crippen LogP) is 0.436. The molecule has 1 aliphatic heterocycles. The second-order valence-electron chi connectivity index (χ2n) is 2.87. The predicted molar refractivity (Wildman–Crippen MR) is 49.0 cm³/mol. The maximum Gasteiger partial charge on any atom is 0.237 e. The van der Waals surface area contributed by atoms with Crippen molar-refractivity contribution in [2.45, 2.75) is 6.42 Å². The Morgan fingerprint density at radius 1 is 1.43 bits per heavy atom. The standard InChI is InChI=1S/C8H6ClN3O2/c9-6-1-2-10-8(11-6)12-4-5(13)3-7(12)14/h1-2H,3-4H2. The van der Waals surface area contributed by atoms with E-state index in [1.807, 2.05) is 0 Å². The van der Waals surface area contributed by atoms with Crippen LogP contribution in [0.5, 0.6) is 0 Å². The Bertz CT molecular complexity index is 407. The summed E-state index contributed by atoms with van der Waals surface area (Å²) in [5.74, 6) is -0.218. The van der Waals surface area contributed by atoms with E-state index in [0.717, 1.165) is 0 Å². The molecule has 6 heteroatoms. The molecule has 72 valence electrons. The van der Waals surface area contributed by atoms with E-state index in [9.17, 15) is 9.59 Å². The molecule has 2 rings (SSSR count). The first-order valence-corrected chi connectivity index (χ1v) is 4.35. The van der Waals surface area contributed by atoms with Gasteiger partial charge < -0.3 is 0 Å². The molecule has 5 nitrogen and oxygen atoms in total. The van der Waals surface area contributed by atoms with Crippen LogP contribution < -0.4 is 4.90 Å². The average Bonchev–Trinajstić information content (AvgIpc) is 2.45. The minimum absolute atomic E-state index is 0.0408. The minimum atomic E-state index is -0.280. The molecule has 1 amide bonds. The Hall–Kier alpha value is -1.49. The molecular formula is C8H6ClN3O2. The molecule has 0 spiro atoms. The van der Waals surface area contributed by atoms with Crippen LogP contribution in [0.1, 0.15) is 6.42 Å². The summed E-state index contributed by atoms with van der Waals surface area (Å²) in [7, 11) is 0. The zero-order chi connectivity index (χ0) is 10.1. The number of halogens is 1. The van der Waals surface area contributed by atoms with Crippen molar-refractivity contribution < 1.29 is 9.59 Å². The molecule has 0 saturated carbocycles. The van der Waals surface area contributed by atoms with Gasteiger partial charge in [-0.3, -0.25) is 14.5 Å². The van der Waals surface area contributed by atoms with Crippen LogP contribution in [0.15, 0.2) is 12.3 Å². The number of ketones is 1. The third-order valence-corrected chi connectivity index (χ3v) is 2.04. The first-order chi connectivity index (χ1) is 6.66. The second kappa shape index (κ2) is 3.34.